The molecule has 6 heteroatoms. The molecule has 0 aromatic carbocycles. The van der Waals surface area contributed by atoms with E-state index in [2.05, 4.69) is 15.3 Å². The number of hydrogen-bond acceptors (Lipinski definition) is 4. The highest BCUT2D eigenvalue weighted by molar-refractivity contribution is 6.29. The second-order valence-electron chi connectivity index (χ2n) is 3.61. The summed E-state index contributed by atoms with van der Waals surface area (Å²) < 4.78 is 5.36. The lowest BCUT2D eigenvalue weighted by atomic mass is 10.2. The van der Waals surface area contributed by atoms with Gasteiger partial charge in [0.15, 0.2) is 5.82 Å². The van der Waals surface area contributed by atoms with Crippen molar-refractivity contribution in [3.8, 4) is 0 Å². The smallest absolute Gasteiger partial charge is 0.228 e. The zero-order valence-corrected chi connectivity index (χ0v) is 9.41. The van der Waals surface area contributed by atoms with E-state index in [4.69, 9.17) is 16.3 Å². The van der Waals surface area contributed by atoms with Crippen LogP contribution in [0.1, 0.15) is 19.3 Å². The molecule has 1 atom stereocenters. The number of rotatable bonds is 3. The molecule has 1 N–H and O–H groups in total. The number of nitrogens with one attached hydrogen (secondary N) is 1. The average molecular weight is 242 g/mol. The maximum absolute atomic E-state index is 11.6. The lowest BCUT2D eigenvalue weighted by Crippen LogP contribution is -2.19. The fourth-order valence-electron chi connectivity index (χ4n) is 1.61. The van der Waals surface area contributed by atoms with Gasteiger partial charge in [-0.05, 0) is 12.8 Å². The van der Waals surface area contributed by atoms with Crippen LogP contribution in [0.4, 0.5) is 5.82 Å². The number of carbonyl (C=O) groups is 1. The van der Waals surface area contributed by atoms with E-state index in [1.165, 1.54) is 12.4 Å². The summed E-state index contributed by atoms with van der Waals surface area (Å²) in [5, 5.41) is 2.89. The van der Waals surface area contributed by atoms with E-state index in [1.54, 1.807) is 0 Å². The summed E-state index contributed by atoms with van der Waals surface area (Å²) in [6.45, 7) is 0.745. The molecule has 0 spiro atoms. The molecule has 0 aliphatic carbocycles. The number of halogens is 1. The average Bonchev–Trinajstić information content (AvgIpc) is 2.70. The molecule has 0 bridgehead atoms. The zero-order valence-electron chi connectivity index (χ0n) is 8.65. The van der Waals surface area contributed by atoms with E-state index in [0.717, 1.165) is 19.4 Å². The first-order valence-electron chi connectivity index (χ1n) is 5.13. The first-order chi connectivity index (χ1) is 7.74. The van der Waals surface area contributed by atoms with Crippen LogP contribution in [-0.2, 0) is 9.53 Å². The Bertz CT molecular complexity index is 380. The molecule has 86 valence electrons. The van der Waals surface area contributed by atoms with Crippen molar-refractivity contribution in [3.05, 3.63) is 17.5 Å². The number of aromatic nitrogens is 2. The van der Waals surface area contributed by atoms with E-state index in [9.17, 15) is 4.79 Å². The van der Waals surface area contributed by atoms with Gasteiger partial charge in [0.2, 0.25) is 5.91 Å². The lowest BCUT2D eigenvalue weighted by Gasteiger charge is -2.08. The number of carbonyl (C=O) groups excluding carboxylic acids is 1. The summed E-state index contributed by atoms with van der Waals surface area (Å²) in [6.07, 6.45) is 5.22. The van der Waals surface area contributed by atoms with Gasteiger partial charge in [0.25, 0.3) is 0 Å². The van der Waals surface area contributed by atoms with Crippen LogP contribution in [0.2, 0.25) is 5.15 Å². The Morgan fingerprint density at radius 3 is 3.19 bits per heavy atom. The van der Waals surface area contributed by atoms with Crippen molar-refractivity contribution in [1.82, 2.24) is 9.97 Å². The summed E-state index contributed by atoms with van der Waals surface area (Å²) in [5.41, 5.74) is 0. The molecule has 1 aromatic heterocycles. The molecule has 0 radical (unpaired) electrons. The van der Waals surface area contributed by atoms with Crippen molar-refractivity contribution >= 4 is 23.3 Å². The fourth-order valence-corrected chi connectivity index (χ4v) is 1.76. The summed E-state index contributed by atoms with van der Waals surface area (Å²) in [5.74, 6) is 0.249. The molecule has 1 fully saturated rings. The number of hydrogen-bond donors (Lipinski definition) is 1. The van der Waals surface area contributed by atoms with Crippen LogP contribution in [0.3, 0.4) is 0 Å². The predicted octanol–water partition coefficient (Wildman–Crippen LogP) is 1.64. The third-order valence-corrected chi connectivity index (χ3v) is 2.49. The number of amides is 1. The van der Waals surface area contributed by atoms with Gasteiger partial charge in [-0.25, -0.2) is 4.98 Å². The normalized spacial score (nSPS) is 19.7. The van der Waals surface area contributed by atoms with Crippen molar-refractivity contribution < 1.29 is 9.53 Å². The van der Waals surface area contributed by atoms with Crippen LogP contribution in [0.15, 0.2) is 12.4 Å². The minimum Gasteiger partial charge on any atom is -0.378 e. The second-order valence-corrected chi connectivity index (χ2v) is 4.00. The summed E-state index contributed by atoms with van der Waals surface area (Å²) in [6, 6.07) is 0. The molecule has 2 heterocycles. The third kappa shape index (κ3) is 3.15. The minimum absolute atomic E-state index is 0.0344. The van der Waals surface area contributed by atoms with Gasteiger partial charge < -0.3 is 10.1 Å². The van der Waals surface area contributed by atoms with E-state index in [1.807, 2.05) is 0 Å². The molecule has 1 amide bonds. The van der Waals surface area contributed by atoms with Gasteiger partial charge in [-0.2, -0.15) is 0 Å². The molecular weight excluding hydrogens is 230 g/mol. The van der Waals surface area contributed by atoms with Crippen molar-refractivity contribution in [2.45, 2.75) is 25.4 Å². The van der Waals surface area contributed by atoms with Crippen molar-refractivity contribution in [2.24, 2.45) is 0 Å². The molecule has 2 rings (SSSR count). The highest BCUT2D eigenvalue weighted by Crippen LogP contribution is 2.16. The van der Waals surface area contributed by atoms with Crippen LogP contribution in [0.5, 0.6) is 0 Å². The largest absolute Gasteiger partial charge is 0.378 e. The second kappa shape index (κ2) is 5.23. The Kier molecular flexibility index (Phi) is 3.69. The van der Waals surface area contributed by atoms with E-state index >= 15 is 0 Å². The van der Waals surface area contributed by atoms with Crippen LogP contribution in [-0.4, -0.2) is 28.6 Å². The highest BCUT2D eigenvalue weighted by Gasteiger charge is 2.19. The SMILES string of the molecule is O=C(CC1CCCO1)Nc1cncc(Cl)n1. The van der Waals surface area contributed by atoms with Gasteiger partial charge >= 0.3 is 0 Å². The van der Waals surface area contributed by atoms with Gasteiger partial charge in [0, 0.05) is 6.61 Å². The number of nitrogens with zero attached hydrogens (tertiary/aromatic N) is 2. The van der Waals surface area contributed by atoms with E-state index in [-0.39, 0.29) is 17.2 Å². The van der Waals surface area contributed by atoms with Gasteiger partial charge in [0.1, 0.15) is 5.15 Å². The standard InChI is InChI=1S/C10H12ClN3O2/c11-8-5-12-6-9(13-8)14-10(15)4-7-2-1-3-16-7/h5-7H,1-4H2,(H,13,14,15). The minimum atomic E-state index is -0.122. The van der Waals surface area contributed by atoms with Crippen LogP contribution in [0.25, 0.3) is 0 Å². The van der Waals surface area contributed by atoms with Gasteiger partial charge in [-0.3, -0.25) is 9.78 Å². The third-order valence-electron chi connectivity index (χ3n) is 2.31. The number of anilines is 1. The molecule has 1 aromatic rings. The Balaban J connectivity index is 1.86. The van der Waals surface area contributed by atoms with E-state index < -0.39 is 0 Å². The predicted molar refractivity (Wildman–Crippen MR) is 59.3 cm³/mol. The summed E-state index contributed by atoms with van der Waals surface area (Å²) in [7, 11) is 0. The van der Waals surface area contributed by atoms with E-state index in [0.29, 0.717) is 12.2 Å². The molecule has 0 saturated carbocycles. The Morgan fingerprint density at radius 1 is 1.62 bits per heavy atom. The monoisotopic (exact) mass is 241 g/mol. The quantitative estimate of drug-likeness (QED) is 0.874. The van der Waals surface area contributed by atoms with Crippen LogP contribution < -0.4 is 5.32 Å². The zero-order chi connectivity index (χ0) is 11.4. The Labute approximate surface area is 98.2 Å². The van der Waals surface area contributed by atoms with Crippen LogP contribution >= 0.6 is 11.6 Å². The lowest BCUT2D eigenvalue weighted by molar-refractivity contribution is -0.118. The van der Waals surface area contributed by atoms with Crippen LogP contribution in [0, 0.1) is 0 Å². The van der Waals surface area contributed by atoms with Gasteiger partial charge in [-0.15, -0.1) is 0 Å². The topological polar surface area (TPSA) is 64.1 Å². The maximum atomic E-state index is 11.6. The van der Waals surface area contributed by atoms with Crippen molar-refractivity contribution in [2.75, 3.05) is 11.9 Å². The first kappa shape index (κ1) is 11.3. The first-order valence-corrected chi connectivity index (χ1v) is 5.51. The van der Waals surface area contributed by atoms with Crippen molar-refractivity contribution in [1.29, 1.82) is 0 Å². The molecular formula is C10H12ClN3O2. The molecule has 1 aliphatic rings. The van der Waals surface area contributed by atoms with Gasteiger partial charge in [0.05, 0.1) is 24.9 Å². The molecule has 1 unspecified atom stereocenters. The molecule has 1 saturated heterocycles. The Hall–Kier alpha value is -1.20. The van der Waals surface area contributed by atoms with Crippen molar-refractivity contribution in [3.63, 3.8) is 0 Å². The Morgan fingerprint density at radius 2 is 2.50 bits per heavy atom. The maximum Gasteiger partial charge on any atom is 0.228 e. The van der Waals surface area contributed by atoms with Gasteiger partial charge in [-0.1, -0.05) is 11.6 Å². The molecule has 16 heavy (non-hydrogen) atoms. The molecule has 1 aliphatic heterocycles. The highest BCUT2D eigenvalue weighted by atomic mass is 35.5. The molecule has 5 nitrogen and oxygen atoms in total. The summed E-state index contributed by atoms with van der Waals surface area (Å²) >= 11 is 5.65. The number of ether oxygens (including phenoxy) is 1. The summed E-state index contributed by atoms with van der Waals surface area (Å²) in [4.78, 5) is 19.3. The fraction of sp³-hybridized carbons (Fsp3) is 0.500.